The lowest BCUT2D eigenvalue weighted by molar-refractivity contribution is 0.444. The minimum atomic E-state index is -0.274. The highest BCUT2D eigenvalue weighted by atomic mass is 19.1. The summed E-state index contributed by atoms with van der Waals surface area (Å²) >= 11 is 0. The molecular weight excluding hydrogens is 269 g/mol. The molecule has 0 saturated heterocycles. The Balaban J connectivity index is 1.89. The average Bonchev–Trinajstić information content (AvgIpc) is 2.84. The van der Waals surface area contributed by atoms with Gasteiger partial charge in [-0.2, -0.15) is 0 Å². The zero-order chi connectivity index (χ0) is 15.0. The topological polar surface area (TPSA) is 39.4 Å². The molecule has 0 spiro atoms. The molecule has 0 amide bonds. The molecule has 0 atom stereocenters. The lowest BCUT2D eigenvalue weighted by Crippen LogP contribution is -2.13. The molecule has 2 heterocycles. The molecule has 0 unspecified atom stereocenters. The first-order chi connectivity index (χ1) is 9.93. The number of aromatic nitrogens is 3. The van der Waals surface area contributed by atoms with E-state index in [1.165, 1.54) is 6.07 Å². The van der Waals surface area contributed by atoms with Crippen LogP contribution in [0.4, 0.5) is 4.39 Å². The van der Waals surface area contributed by atoms with Gasteiger partial charge in [0.05, 0.1) is 0 Å². The van der Waals surface area contributed by atoms with Crippen LogP contribution in [0.5, 0.6) is 11.6 Å². The van der Waals surface area contributed by atoms with Crippen molar-refractivity contribution in [3.8, 4) is 11.6 Å². The van der Waals surface area contributed by atoms with Gasteiger partial charge in [0.2, 0.25) is 5.88 Å². The summed E-state index contributed by atoms with van der Waals surface area (Å²) < 4.78 is 21.3. The van der Waals surface area contributed by atoms with E-state index < -0.39 is 0 Å². The number of fused-ring (bicyclic) bond motifs is 1. The van der Waals surface area contributed by atoms with Crippen LogP contribution >= 0.6 is 0 Å². The van der Waals surface area contributed by atoms with Crippen LogP contribution in [0.1, 0.15) is 26.3 Å². The predicted molar refractivity (Wildman–Crippen MR) is 78.2 cm³/mol. The third-order valence-electron chi connectivity index (χ3n) is 3.20. The number of hydrogen-bond donors (Lipinski definition) is 0. The summed E-state index contributed by atoms with van der Waals surface area (Å²) in [6, 6.07) is 8.39. The number of nitrogens with zero attached hydrogens (tertiary/aromatic N) is 3. The molecule has 5 heteroatoms. The van der Waals surface area contributed by atoms with Crippen LogP contribution in [0.15, 0.2) is 42.7 Å². The van der Waals surface area contributed by atoms with Gasteiger partial charge in [0.1, 0.15) is 11.6 Å². The van der Waals surface area contributed by atoms with E-state index in [0.717, 1.165) is 5.65 Å². The third kappa shape index (κ3) is 2.72. The number of hydrogen-bond acceptors (Lipinski definition) is 3. The molecule has 4 nitrogen and oxygen atoms in total. The summed E-state index contributed by atoms with van der Waals surface area (Å²) in [6.45, 7) is 5.92. The zero-order valence-electron chi connectivity index (χ0n) is 12.2. The van der Waals surface area contributed by atoms with Crippen molar-refractivity contribution < 1.29 is 9.13 Å². The summed E-state index contributed by atoms with van der Waals surface area (Å²) in [6.07, 6.45) is 3.38. The van der Waals surface area contributed by atoms with Crippen LogP contribution in [0.3, 0.4) is 0 Å². The van der Waals surface area contributed by atoms with E-state index in [9.17, 15) is 4.39 Å². The zero-order valence-corrected chi connectivity index (χ0v) is 12.2. The van der Waals surface area contributed by atoms with E-state index in [1.54, 1.807) is 41.2 Å². The maximum atomic E-state index is 14.1. The molecule has 108 valence electrons. The van der Waals surface area contributed by atoms with Crippen molar-refractivity contribution in [2.24, 2.45) is 0 Å². The molecular formula is C16H16FN3O. The van der Waals surface area contributed by atoms with Gasteiger partial charge in [-0.1, -0.05) is 26.8 Å². The Morgan fingerprint density at radius 3 is 2.67 bits per heavy atom. The third-order valence-corrected chi connectivity index (χ3v) is 3.20. The number of ether oxygens (including phenoxy) is 1. The van der Waals surface area contributed by atoms with Gasteiger partial charge < -0.3 is 4.74 Å². The number of halogens is 1. The highest BCUT2D eigenvalue weighted by Gasteiger charge is 2.18. The van der Waals surface area contributed by atoms with Gasteiger partial charge in [0.25, 0.3) is 0 Å². The molecule has 0 aliphatic carbocycles. The van der Waals surface area contributed by atoms with Crippen LogP contribution in [-0.2, 0) is 5.41 Å². The van der Waals surface area contributed by atoms with E-state index >= 15 is 0 Å². The van der Waals surface area contributed by atoms with Crippen LogP contribution in [0.25, 0.3) is 5.65 Å². The molecule has 0 bridgehead atoms. The highest BCUT2D eigenvalue weighted by molar-refractivity contribution is 5.39. The molecule has 21 heavy (non-hydrogen) atoms. The second kappa shape index (κ2) is 4.84. The summed E-state index contributed by atoms with van der Waals surface area (Å²) in [4.78, 5) is 4.10. The highest BCUT2D eigenvalue weighted by Crippen LogP contribution is 2.29. The van der Waals surface area contributed by atoms with Gasteiger partial charge in [-0.05, 0) is 23.1 Å². The van der Waals surface area contributed by atoms with E-state index in [1.807, 2.05) is 20.8 Å². The fourth-order valence-corrected chi connectivity index (χ4v) is 2.14. The van der Waals surface area contributed by atoms with Gasteiger partial charge in [-0.3, -0.25) is 0 Å². The summed E-state index contributed by atoms with van der Waals surface area (Å²) in [5.74, 6) is 0.541. The molecule has 0 aliphatic heterocycles. The summed E-state index contributed by atoms with van der Waals surface area (Å²) in [5, 5.41) is 4.24. The van der Waals surface area contributed by atoms with Gasteiger partial charge in [-0.15, -0.1) is 5.10 Å². The standard InChI is InChI=1S/C16H16FN3O/c1-16(2,3)12-5-4-11(10-13(12)17)21-15-7-6-14-18-8-9-20(14)19-15/h4-10H,1-3H3. The fraction of sp³-hybridized carbons (Fsp3) is 0.250. The van der Waals surface area contributed by atoms with Crippen LogP contribution in [-0.4, -0.2) is 14.6 Å². The Hall–Kier alpha value is -2.43. The molecule has 3 aromatic rings. The van der Waals surface area contributed by atoms with Crippen molar-refractivity contribution in [2.45, 2.75) is 26.2 Å². The van der Waals surface area contributed by atoms with Crippen molar-refractivity contribution >= 4 is 5.65 Å². The number of benzene rings is 1. The van der Waals surface area contributed by atoms with Crippen molar-refractivity contribution in [1.82, 2.24) is 14.6 Å². The Morgan fingerprint density at radius 2 is 1.95 bits per heavy atom. The molecule has 0 aliphatic rings. The molecule has 0 N–H and O–H groups in total. The molecule has 0 fully saturated rings. The van der Waals surface area contributed by atoms with E-state index in [-0.39, 0.29) is 11.2 Å². The van der Waals surface area contributed by atoms with Crippen molar-refractivity contribution in [3.63, 3.8) is 0 Å². The van der Waals surface area contributed by atoms with Crippen molar-refractivity contribution in [2.75, 3.05) is 0 Å². The van der Waals surface area contributed by atoms with Gasteiger partial charge in [-0.25, -0.2) is 13.9 Å². The Bertz CT molecular complexity index is 790. The van der Waals surface area contributed by atoms with E-state index in [2.05, 4.69) is 10.1 Å². The van der Waals surface area contributed by atoms with Crippen molar-refractivity contribution in [3.05, 3.63) is 54.1 Å². The van der Waals surface area contributed by atoms with Gasteiger partial charge in [0.15, 0.2) is 5.65 Å². The predicted octanol–water partition coefficient (Wildman–Crippen LogP) is 3.96. The molecule has 1 aromatic carbocycles. The second-order valence-electron chi connectivity index (χ2n) is 5.90. The first-order valence-electron chi connectivity index (χ1n) is 6.72. The van der Waals surface area contributed by atoms with Crippen LogP contribution < -0.4 is 4.74 Å². The Labute approximate surface area is 122 Å². The fourth-order valence-electron chi connectivity index (χ4n) is 2.14. The van der Waals surface area contributed by atoms with Crippen LogP contribution in [0, 0.1) is 5.82 Å². The molecule has 3 rings (SSSR count). The molecule has 0 saturated carbocycles. The van der Waals surface area contributed by atoms with Gasteiger partial charge in [0, 0.05) is 24.5 Å². The largest absolute Gasteiger partial charge is 0.437 e. The normalized spacial score (nSPS) is 11.8. The average molecular weight is 285 g/mol. The van der Waals surface area contributed by atoms with E-state index in [4.69, 9.17) is 4.74 Å². The van der Waals surface area contributed by atoms with Crippen LogP contribution in [0.2, 0.25) is 0 Å². The minimum Gasteiger partial charge on any atom is -0.437 e. The SMILES string of the molecule is CC(C)(C)c1ccc(Oc2ccc3nccn3n2)cc1F. The minimum absolute atomic E-state index is 0.240. The smallest absolute Gasteiger partial charge is 0.237 e. The summed E-state index contributed by atoms with van der Waals surface area (Å²) in [5.41, 5.74) is 1.15. The summed E-state index contributed by atoms with van der Waals surface area (Å²) in [7, 11) is 0. The lowest BCUT2D eigenvalue weighted by atomic mass is 9.87. The first-order valence-corrected chi connectivity index (χ1v) is 6.72. The Morgan fingerprint density at radius 1 is 1.14 bits per heavy atom. The quantitative estimate of drug-likeness (QED) is 0.715. The molecule has 2 aromatic heterocycles. The molecule has 0 radical (unpaired) electrons. The van der Waals surface area contributed by atoms with E-state index in [0.29, 0.717) is 17.2 Å². The van der Waals surface area contributed by atoms with Crippen molar-refractivity contribution in [1.29, 1.82) is 0 Å². The van der Waals surface area contributed by atoms with Gasteiger partial charge >= 0.3 is 0 Å². The monoisotopic (exact) mass is 285 g/mol. The number of rotatable bonds is 2. The maximum Gasteiger partial charge on any atom is 0.237 e. The Kier molecular flexibility index (Phi) is 3.12. The maximum absolute atomic E-state index is 14.1. The second-order valence-corrected chi connectivity index (χ2v) is 5.90. The first kappa shape index (κ1) is 13.5. The lowest BCUT2D eigenvalue weighted by Gasteiger charge is -2.20. The number of imidazole rings is 1.